The Labute approximate surface area is 87.7 Å². The lowest BCUT2D eigenvalue weighted by Gasteiger charge is -1.98. The van der Waals surface area contributed by atoms with E-state index in [1.807, 2.05) is 12.1 Å². The molecule has 2 rings (SSSR count). The molecule has 0 saturated heterocycles. The summed E-state index contributed by atoms with van der Waals surface area (Å²) in [4.78, 5) is 4.28. The molecule has 15 heavy (non-hydrogen) atoms. The van der Waals surface area contributed by atoms with Gasteiger partial charge in [0.25, 0.3) is 0 Å². The van der Waals surface area contributed by atoms with Crippen LogP contribution in [0.1, 0.15) is 19.2 Å². The lowest BCUT2D eigenvalue weighted by molar-refractivity contribution is 0.182. The maximum absolute atomic E-state index is 9.15. The molecule has 1 aromatic heterocycles. The van der Waals surface area contributed by atoms with Crippen molar-refractivity contribution < 1.29 is 9.52 Å². The first-order valence-corrected chi connectivity index (χ1v) is 4.99. The van der Waals surface area contributed by atoms with Crippen LogP contribution in [0.25, 0.3) is 11.1 Å². The van der Waals surface area contributed by atoms with Gasteiger partial charge in [-0.05, 0) is 25.5 Å². The van der Waals surface area contributed by atoms with Gasteiger partial charge in [0.2, 0.25) is 0 Å². The lowest BCUT2D eigenvalue weighted by Crippen LogP contribution is -2.01. The monoisotopic (exact) mass is 206 g/mol. The van der Waals surface area contributed by atoms with Crippen LogP contribution >= 0.6 is 0 Å². The third kappa shape index (κ3) is 2.10. The summed E-state index contributed by atoms with van der Waals surface area (Å²) in [5.41, 5.74) is 7.79. The molecule has 1 heterocycles. The van der Waals surface area contributed by atoms with Crippen molar-refractivity contribution >= 4 is 16.8 Å². The second-order valence-electron chi connectivity index (χ2n) is 3.69. The van der Waals surface area contributed by atoms with Crippen molar-refractivity contribution in [2.24, 2.45) is 0 Å². The summed E-state index contributed by atoms with van der Waals surface area (Å²) in [6.07, 6.45) is 0.941. The number of rotatable bonds is 3. The number of nitrogens with two attached hydrogens (primary N) is 1. The zero-order valence-corrected chi connectivity index (χ0v) is 8.60. The molecule has 0 aliphatic carbocycles. The number of anilines is 1. The van der Waals surface area contributed by atoms with Gasteiger partial charge in [0, 0.05) is 6.42 Å². The normalized spacial score (nSPS) is 13.2. The Morgan fingerprint density at radius 1 is 1.53 bits per heavy atom. The van der Waals surface area contributed by atoms with Crippen LogP contribution in [-0.4, -0.2) is 16.2 Å². The first kappa shape index (κ1) is 9.98. The minimum Gasteiger partial charge on any atom is -0.441 e. The van der Waals surface area contributed by atoms with Gasteiger partial charge in [0.1, 0.15) is 5.52 Å². The number of para-hydroxylation sites is 1. The van der Waals surface area contributed by atoms with Gasteiger partial charge in [-0.25, -0.2) is 4.98 Å². The summed E-state index contributed by atoms with van der Waals surface area (Å²) in [7, 11) is 0. The van der Waals surface area contributed by atoms with E-state index in [-0.39, 0.29) is 6.10 Å². The van der Waals surface area contributed by atoms with Gasteiger partial charge in [-0.3, -0.25) is 0 Å². The van der Waals surface area contributed by atoms with E-state index in [0.717, 1.165) is 0 Å². The van der Waals surface area contributed by atoms with Crippen LogP contribution < -0.4 is 5.73 Å². The molecule has 2 aromatic rings. The average molecular weight is 206 g/mol. The summed E-state index contributed by atoms with van der Waals surface area (Å²) in [5.74, 6) is 0.629. The van der Waals surface area contributed by atoms with Crippen LogP contribution in [0.4, 0.5) is 5.69 Å². The molecule has 4 nitrogen and oxygen atoms in total. The number of hydrogen-bond acceptors (Lipinski definition) is 4. The topological polar surface area (TPSA) is 72.3 Å². The molecule has 3 N–H and O–H groups in total. The number of aliphatic hydroxyl groups excluding tert-OH is 1. The molecule has 0 saturated carbocycles. The molecule has 0 bridgehead atoms. The third-order valence-electron chi connectivity index (χ3n) is 2.27. The van der Waals surface area contributed by atoms with Gasteiger partial charge in [0.05, 0.1) is 11.8 Å². The molecule has 0 radical (unpaired) electrons. The molecule has 0 aliphatic heterocycles. The first-order chi connectivity index (χ1) is 7.16. The van der Waals surface area contributed by atoms with E-state index < -0.39 is 0 Å². The number of nitrogen functional groups attached to an aromatic ring is 1. The summed E-state index contributed by atoms with van der Waals surface area (Å²) >= 11 is 0. The number of oxazole rings is 1. The van der Waals surface area contributed by atoms with E-state index >= 15 is 0 Å². The van der Waals surface area contributed by atoms with Crippen LogP contribution in [0.15, 0.2) is 22.6 Å². The van der Waals surface area contributed by atoms with E-state index in [1.54, 1.807) is 13.0 Å². The van der Waals surface area contributed by atoms with Gasteiger partial charge in [-0.15, -0.1) is 0 Å². The maximum Gasteiger partial charge on any atom is 0.195 e. The van der Waals surface area contributed by atoms with Crippen molar-refractivity contribution in [1.29, 1.82) is 0 Å². The fraction of sp³-hybridized carbons (Fsp3) is 0.364. The minimum atomic E-state index is -0.336. The fourth-order valence-electron chi connectivity index (χ4n) is 1.46. The molecule has 0 amide bonds. The highest BCUT2D eigenvalue weighted by atomic mass is 16.3. The number of aryl methyl sites for hydroxylation is 1. The second-order valence-corrected chi connectivity index (χ2v) is 3.69. The molecular weight excluding hydrogens is 192 g/mol. The highest BCUT2D eigenvalue weighted by Gasteiger charge is 2.08. The van der Waals surface area contributed by atoms with E-state index in [4.69, 9.17) is 15.3 Å². The van der Waals surface area contributed by atoms with Crippen LogP contribution in [0.3, 0.4) is 0 Å². The Morgan fingerprint density at radius 2 is 2.33 bits per heavy atom. The number of aliphatic hydroxyl groups is 1. The smallest absolute Gasteiger partial charge is 0.195 e. The van der Waals surface area contributed by atoms with Crippen LogP contribution in [-0.2, 0) is 6.42 Å². The Hall–Kier alpha value is -1.55. The van der Waals surface area contributed by atoms with Gasteiger partial charge < -0.3 is 15.3 Å². The largest absolute Gasteiger partial charge is 0.441 e. The molecule has 4 heteroatoms. The minimum absolute atomic E-state index is 0.336. The summed E-state index contributed by atoms with van der Waals surface area (Å²) in [6.45, 7) is 1.75. The molecule has 1 unspecified atom stereocenters. The van der Waals surface area contributed by atoms with Gasteiger partial charge in [0.15, 0.2) is 11.5 Å². The van der Waals surface area contributed by atoms with Crippen molar-refractivity contribution in [3.05, 3.63) is 24.1 Å². The van der Waals surface area contributed by atoms with Crippen LogP contribution in [0.5, 0.6) is 0 Å². The van der Waals surface area contributed by atoms with E-state index in [2.05, 4.69) is 4.98 Å². The molecule has 0 spiro atoms. The average Bonchev–Trinajstić information content (AvgIpc) is 2.59. The molecule has 1 aromatic carbocycles. The van der Waals surface area contributed by atoms with Crippen molar-refractivity contribution in [2.75, 3.05) is 5.73 Å². The third-order valence-corrected chi connectivity index (χ3v) is 2.27. The Kier molecular flexibility index (Phi) is 2.60. The number of fused-ring (bicyclic) bond motifs is 1. The summed E-state index contributed by atoms with van der Waals surface area (Å²) in [6, 6.07) is 5.47. The van der Waals surface area contributed by atoms with E-state index in [9.17, 15) is 0 Å². The van der Waals surface area contributed by atoms with E-state index in [0.29, 0.717) is 35.5 Å². The summed E-state index contributed by atoms with van der Waals surface area (Å²) in [5, 5.41) is 9.15. The molecule has 1 atom stereocenters. The second kappa shape index (κ2) is 3.90. The fourth-order valence-corrected chi connectivity index (χ4v) is 1.46. The van der Waals surface area contributed by atoms with Gasteiger partial charge in [-0.1, -0.05) is 6.07 Å². The highest BCUT2D eigenvalue weighted by molar-refractivity contribution is 5.85. The Balaban J connectivity index is 2.27. The standard InChI is InChI=1S/C11H14N2O2/c1-7(14)5-6-10-13-11-8(12)3-2-4-9(11)15-10/h2-4,7,14H,5-6,12H2,1H3. The quantitative estimate of drug-likeness (QED) is 0.750. The number of aromatic nitrogens is 1. The Bertz CT molecular complexity index is 463. The van der Waals surface area contributed by atoms with Crippen molar-refractivity contribution in [2.45, 2.75) is 25.9 Å². The maximum atomic E-state index is 9.15. The highest BCUT2D eigenvalue weighted by Crippen LogP contribution is 2.21. The molecular formula is C11H14N2O2. The zero-order chi connectivity index (χ0) is 10.8. The van der Waals surface area contributed by atoms with Crippen molar-refractivity contribution in [3.8, 4) is 0 Å². The lowest BCUT2D eigenvalue weighted by atomic mass is 10.2. The predicted molar refractivity (Wildman–Crippen MR) is 58.4 cm³/mol. The number of benzene rings is 1. The van der Waals surface area contributed by atoms with E-state index in [1.165, 1.54) is 0 Å². The van der Waals surface area contributed by atoms with Gasteiger partial charge >= 0.3 is 0 Å². The number of nitrogens with zero attached hydrogens (tertiary/aromatic N) is 1. The summed E-state index contributed by atoms with van der Waals surface area (Å²) < 4.78 is 5.50. The first-order valence-electron chi connectivity index (χ1n) is 4.99. The zero-order valence-electron chi connectivity index (χ0n) is 8.60. The van der Waals surface area contributed by atoms with Gasteiger partial charge in [-0.2, -0.15) is 0 Å². The molecule has 80 valence electrons. The SMILES string of the molecule is CC(O)CCc1nc2c(N)cccc2o1. The predicted octanol–water partition coefficient (Wildman–Crippen LogP) is 1.72. The van der Waals surface area contributed by atoms with Crippen LogP contribution in [0, 0.1) is 0 Å². The van der Waals surface area contributed by atoms with Crippen molar-refractivity contribution in [3.63, 3.8) is 0 Å². The van der Waals surface area contributed by atoms with Crippen LogP contribution in [0.2, 0.25) is 0 Å². The number of hydrogen-bond donors (Lipinski definition) is 2. The molecule has 0 fully saturated rings. The molecule has 0 aliphatic rings. The van der Waals surface area contributed by atoms with Crippen molar-refractivity contribution in [1.82, 2.24) is 4.98 Å². The Morgan fingerprint density at radius 3 is 3.00 bits per heavy atom.